The first-order valence-corrected chi connectivity index (χ1v) is 5.32. The van der Waals surface area contributed by atoms with Crippen LogP contribution in [0.15, 0.2) is 18.2 Å². The van der Waals surface area contributed by atoms with Crippen LogP contribution in [0.3, 0.4) is 0 Å². The van der Waals surface area contributed by atoms with E-state index in [9.17, 15) is 4.39 Å². The quantitative estimate of drug-likeness (QED) is 0.827. The molecule has 82 valence electrons. The molecule has 0 atom stereocenters. The van der Waals surface area contributed by atoms with Gasteiger partial charge in [0.25, 0.3) is 0 Å². The molecule has 0 spiro atoms. The van der Waals surface area contributed by atoms with Gasteiger partial charge in [-0.15, -0.1) is 0 Å². The molecule has 0 saturated heterocycles. The molecule has 0 heterocycles. The monoisotopic (exact) mass is 210 g/mol. The topological polar surface area (TPSA) is 29.5 Å². The number of ether oxygens (including phenoxy) is 1. The van der Waals surface area contributed by atoms with Crippen LogP contribution in [0.4, 0.5) is 4.39 Å². The van der Waals surface area contributed by atoms with E-state index >= 15 is 0 Å². The molecular formula is C12H15FO2. The van der Waals surface area contributed by atoms with E-state index in [0.717, 1.165) is 0 Å². The van der Waals surface area contributed by atoms with Crippen LogP contribution in [-0.4, -0.2) is 11.7 Å². The van der Waals surface area contributed by atoms with E-state index in [4.69, 9.17) is 9.84 Å². The van der Waals surface area contributed by atoms with Crippen molar-refractivity contribution in [1.82, 2.24) is 0 Å². The van der Waals surface area contributed by atoms with Crippen molar-refractivity contribution in [3.63, 3.8) is 0 Å². The summed E-state index contributed by atoms with van der Waals surface area (Å²) < 4.78 is 18.8. The SMILES string of the molecule is OCc1cccc(F)c1OCC1CCC1. The van der Waals surface area contributed by atoms with Crippen LogP contribution in [0.5, 0.6) is 5.75 Å². The molecule has 0 amide bonds. The lowest BCUT2D eigenvalue weighted by Gasteiger charge is -2.25. The number of hydrogen-bond acceptors (Lipinski definition) is 2. The van der Waals surface area contributed by atoms with Gasteiger partial charge in [-0.3, -0.25) is 0 Å². The molecule has 1 aliphatic rings. The predicted octanol–water partition coefficient (Wildman–Crippen LogP) is 2.50. The Morgan fingerprint density at radius 3 is 2.80 bits per heavy atom. The first-order chi connectivity index (χ1) is 7.31. The fraction of sp³-hybridized carbons (Fsp3) is 0.500. The second-order valence-electron chi connectivity index (χ2n) is 3.99. The Bertz CT molecular complexity index is 334. The van der Waals surface area contributed by atoms with Gasteiger partial charge in [-0.25, -0.2) is 4.39 Å². The number of para-hydroxylation sites is 1. The molecule has 0 aliphatic heterocycles. The molecule has 0 aromatic heterocycles. The van der Waals surface area contributed by atoms with E-state index in [1.165, 1.54) is 25.3 Å². The standard InChI is InChI=1S/C12H15FO2/c13-11-6-2-5-10(7-14)12(11)15-8-9-3-1-4-9/h2,5-6,9,14H,1,3-4,7-8H2. The molecule has 0 unspecified atom stereocenters. The van der Waals surface area contributed by atoms with Gasteiger partial charge < -0.3 is 9.84 Å². The van der Waals surface area contributed by atoms with Gasteiger partial charge in [0, 0.05) is 5.56 Å². The van der Waals surface area contributed by atoms with Crippen LogP contribution in [0.25, 0.3) is 0 Å². The first kappa shape index (κ1) is 10.4. The Hall–Kier alpha value is -1.09. The maximum Gasteiger partial charge on any atom is 0.165 e. The summed E-state index contributed by atoms with van der Waals surface area (Å²) in [7, 11) is 0. The highest BCUT2D eigenvalue weighted by molar-refractivity contribution is 5.34. The van der Waals surface area contributed by atoms with Gasteiger partial charge in [0.2, 0.25) is 0 Å². The van der Waals surface area contributed by atoms with Gasteiger partial charge in [0.05, 0.1) is 13.2 Å². The van der Waals surface area contributed by atoms with Crippen LogP contribution < -0.4 is 4.74 Å². The number of hydrogen-bond donors (Lipinski definition) is 1. The zero-order chi connectivity index (χ0) is 10.7. The van der Waals surface area contributed by atoms with Crippen LogP contribution in [0.2, 0.25) is 0 Å². The van der Waals surface area contributed by atoms with Crippen molar-refractivity contribution in [1.29, 1.82) is 0 Å². The van der Waals surface area contributed by atoms with E-state index < -0.39 is 0 Å². The number of benzene rings is 1. The van der Waals surface area contributed by atoms with Gasteiger partial charge in [-0.05, 0) is 24.8 Å². The summed E-state index contributed by atoms with van der Waals surface area (Å²) in [5.74, 6) is 0.393. The van der Waals surface area contributed by atoms with Crippen LogP contribution in [-0.2, 0) is 6.61 Å². The van der Waals surface area contributed by atoms with Crippen molar-refractivity contribution in [3.8, 4) is 5.75 Å². The second kappa shape index (κ2) is 4.62. The molecule has 2 rings (SSSR count). The highest BCUT2D eigenvalue weighted by atomic mass is 19.1. The van der Waals surface area contributed by atoms with Crippen LogP contribution in [0.1, 0.15) is 24.8 Å². The maximum atomic E-state index is 13.4. The molecule has 0 radical (unpaired) electrons. The summed E-state index contributed by atoms with van der Waals surface area (Å²) >= 11 is 0. The van der Waals surface area contributed by atoms with E-state index in [1.54, 1.807) is 12.1 Å². The fourth-order valence-corrected chi connectivity index (χ4v) is 1.70. The molecule has 3 heteroatoms. The van der Waals surface area contributed by atoms with Gasteiger partial charge in [0.1, 0.15) is 0 Å². The average molecular weight is 210 g/mol. The summed E-state index contributed by atoms with van der Waals surface area (Å²) in [5, 5.41) is 9.03. The normalized spacial score (nSPS) is 16.1. The summed E-state index contributed by atoms with van der Waals surface area (Å²) in [6, 6.07) is 4.62. The van der Waals surface area contributed by atoms with E-state index in [2.05, 4.69) is 0 Å². The molecule has 1 aromatic rings. The number of aliphatic hydroxyl groups is 1. The van der Waals surface area contributed by atoms with Gasteiger partial charge in [0.15, 0.2) is 11.6 Å². The molecule has 2 nitrogen and oxygen atoms in total. The molecular weight excluding hydrogens is 195 g/mol. The summed E-state index contributed by atoms with van der Waals surface area (Å²) in [4.78, 5) is 0. The Labute approximate surface area is 88.7 Å². The Kier molecular flexibility index (Phi) is 3.21. The summed E-state index contributed by atoms with van der Waals surface area (Å²) in [6.07, 6.45) is 3.59. The Morgan fingerprint density at radius 1 is 1.40 bits per heavy atom. The van der Waals surface area contributed by atoms with Crippen molar-refractivity contribution in [3.05, 3.63) is 29.6 Å². The van der Waals surface area contributed by atoms with Crippen molar-refractivity contribution >= 4 is 0 Å². The smallest absolute Gasteiger partial charge is 0.165 e. The molecule has 15 heavy (non-hydrogen) atoms. The lowest BCUT2D eigenvalue weighted by atomic mass is 9.86. The number of halogens is 1. The summed E-state index contributed by atoms with van der Waals surface area (Å²) in [5.41, 5.74) is 0.523. The minimum Gasteiger partial charge on any atom is -0.490 e. The molecule has 1 aliphatic carbocycles. The van der Waals surface area contributed by atoms with Gasteiger partial charge in [-0.2, -0.15) is 0 Å². The highest BCUT2D eigenvalue weighted by Crippen LogP contribution is 2.29. The largest absolute Gasteiger partial charge is 0.490 e. The zero-order valence-corrected chi connectivity index (χ0v) is 8.58. The first-order valence-electron chi connectivity index (χ1n) is 5.32. The zero-order valence-electron chi connectivity index (χ0n) is 8.58. The van der Waals surface area contributed by atoms with E-state index in [-0.39, 0.29) is 18.2 Å². The number of rotatable bonds is 4. The molecule has 1 fully saturated rings. The van der Waals surface area contributed by atoms with Crippen molar-refractivity contribution < 1.29 is 14.2 Å². The second-order valence-corrected chi connectivity index (χ2v) is 3.99. The third-order valence-corrected chi connectivity index (χ3v) is 2.91. The number of aliphatic hydroxyl groups excluding tert-OH is 1. The lowest BCUT2D eigenvalue weighted by Crippen LogP contribution is -2.20. The highest BCUT2D eigenvalue weighted by Gasteiger charge is 2.19. The minimum absolute atomic E-state index is 0.183. The van der Waals surface area contributed by atoms with E-state index in [1.807, 2.05) is 0 Å². The van der Waals surface area contributed by atoms with Gasteiger partial charge >= 0.3 is 0 Å². The fourth-order valence-electron chi connectivity index (χ4n) is 1.70. The Morgan fingerprint density at radius 2 is 2.20 bits per heavy atom. The van der Waals surface area contributed by atoms with Crippen LogP contribution in [0, 0.1) is 11.7 Å². The molecule has 1 N–H and O–H groups in total. The summed E-state index contributed by atoms with van der Waals surface area (Å²) in [6.45, 7) is 0.381. The third-order valence-electron chi connectivity index (χ3n) is 2.91. The average Bonchev–Trinajstić information content (AvgIpc) is 2.17. The van der Waals surface area contributed by atoms with Gasteiger partial charge in [-0.1, -0.05) is 18.6 Å². The van der Waals surface area contributed by atoms with Crippen molar-refractivity contribution in [2.24, 2.45) is 5.92 Å². The van der Waals surface area contributed by atoms with Crippen molar-refractivity contribution in [2.45, 2.75) is 25.9 Å². The third kappa shape index (κ3) is 2.29. The predicted molar refractivity (Wildman–Crippen MR) is 55.2 cm³/mol. The van der Waals surface area contributed by atoms with Crippen LogP contribution >= 0.6 is 0 Å². The van der Waals surface area contributed by atoms with Crippen molar-refractivity contribution in [2.75, 3.05) is 6.61 Å². The molecule has 1 aromatic carbocycles. The molecule has 1 saturated carbocycles. The maximum absolute atomic E-state index is 13.4. The Balaban J connectivity index is 2.04. The minimum atomic E-state index is -0.388. The lowest BCUT2D eigenvalue weighted by molar-refractivity contribution is 0.170. The molecule has 0 bridgehead atoms. The van der Waals surface area contributed by atoms with E-state index in [0.29, 0.717) is 18.1 Å².